The van der Waals surface area contributed by atoms with Crippen molar-refractivity contribution in [3.05, 3.63) is 66.7 Å². The van der Waals surface area contributed by atoms with Gasteiger partial charge in [0.25, 0.3) is 0 Å². The number of rotatable bonds is 5. The Morgan fingerprint density at radius 3 is 2.53 bits per heavy atom. The molecular formula is C22H23N3O4S. The molecule has 4 rings (SSSR count). The number of nitrogens with zero attached hydrogens (tertiary/aromatic N) is 2. The van der Waals surface area contributed by atoms with Gasteiger partial charge in [-0.05, 0) is 44.0 Å². The van der Waals surface area contributed by atoms with Gasteiger partial charge in [0, 0.05) is 30.3 Å². The molecule has 2 heterocycles. The number of hydrogen-bond donors (Lipinski definition) is 1. The van der Waals surface area contributed by atoms with Gasteiger partial charge >= 0.3 is 0 Å². The number of hydrogen-bond acceptors (Lipinski definition) is 5. The van der Waals surface area contributed by atoms with Gasteiger partial charge in [-0.2, -0.15) is 4.31 Å². The molecule has 7 nitrogen and oxygen atoms in total. The van der Waals surface area contributed by atoms with E-state index < -0.39 is 10.0 Å². The minimum Gasteiger partial charge on any atom is -0.444 e. The molecule has 8 heteroatoms. The van der Waals surface area contributed by atoms with Crippen molar-refractivity contribution in [2.24, 2.45) is 5.92 Å². The van der Waals surface area contributed by atoms with Crippen LogP contribution in [0.1, 0.15) is 18.4 Å². The van der Waals surface area contributed by atoms with E-state index in [0.717, 1.165) is 11.1 Å². The van der Waals surface area contributed by atoms with Crippen LogP contribution in [0.2, 0.25) is 0 Å². The Morgan fingerprint density at radius 1 is 1.13 bits per heavy atom. The van der Waals surface area contributed by atoms with Gasteiger partial charge in [0.05, 0.1) is 11.1 Å². The maximum absolute atomic E-state index is 12.8. The molecule has 1 aliphatic heterocycles. The van der Waals surface area contributed by atoms with Crippen LogP contribution in [0.3, 0.4) is 0 Å². The highest BCUT2D eigenvalue weighted by Gasteiger charge is 2.32. The van der Waals surface area contributed by atoms with E-state index in [0.29, 0.717) is 42.3 Å². The molecule has 3 aromatic rings. The Hall–Kier alpha value is -2.97. The number of aryl methyl sites for hydroxylation is 1. The molecule has 0 bridgehead atoms. The molecule has 1 N–H and O–H groups in total. The Kier molecular flexibility index (Phi) is 5.69. The van der Waals surface area contributed by atoms with Crippen molar-refractivity contribution in [1.82, 2.24) is 9.29 Å². The number of carbonyl (C=O) groups is 1. The summed E-state index contributed by atoms with van der Waals surface area (Å²) < 4.78 is 32.4. The largest absolute Gasteiger partial charge is 0.444 e. The third kappa shape index (κ3) is 4.29. The second-order valence-corrected chi connectivity index (χ2v) is 9.37. The molecule has 0 radical (unpaired) electrons. The summed E-state index contributed by atoms with van der Waals surface area (Å²) in [6.07, 6.45) is 3.95. The topological polar surface area (TPSA) is 92.5 Å². The number of sulfonamides is 1. The van der Waals surface area contributed by atoms with Gasteiger partial charge in [0.2, 0.25) is 15.9 Å². The van der Waals surface area contributed by atoms with E-state index in [1.165, 1.54) is 10.7 Å². The van der Waals surface area contributed by atoms with E-state index in [-0.39, 0.29) is 11.8 Å². The van der Waals surface area contributed by atoms with Crippen LogP contribution in [0.15, 0.2) is 70.4 Å². The summed E-state index contributed by atoms with van der Waals surface area (Å²) >= 11 is 0. The van der Waals surface area contributed by atoms with E-state index in [1.54, 1.807) is 30.5 Å². The summed E-state index contributed by atoms with van der Waals surface area (Å²) in [6.45, 7) is 2.57. The molecular weight excluding hydrogens is 402 g/mol. The second kappa shape index (κ2) is 8.41. The molecule has 0 unspecified atom stereocenters. The molecule has 30 heavy (non-hydrogen) atoms. The fourth-order valence-electron chi connectivity index (χ4n) is 3.57. The van der Waals surface area contributed by atoms with Crippen molar-refractivity contribution < 1.29 is 17.6 Å². The van der Waals surface area contributed by atoms with Gasteiger partial charge in [-0.15, -0.1) is 0 Å². The van der Waals surface area contributed by atoms with E-state index in [1.807, 2.05) is 31.2 Å². The third-order valence-electron chi connectivity index (χ3n) is 5.33. The highest BCUT2D eigenvalue weighted by Crippen LogP contribution is 2.26. The summed E-state index contributed by atoms with van der Waals surface area (Å²) in [4.78, 5) is 16.9. The minimum atomic E-state index is -3.53. The van der Waals surface area contributed by atoms with Crippen molar-refractivity contribution in [3.8, 4) is 11.3 Å². The summed E-state index contributed by atoms with van der Waals surface area (Å²) in [7, 11) is -3.53. The number of piperidine rings is 1. The van der Waals surface area contributed by atoms with Crippen LogP contribution in [-0.4, -0.2) is 36.7 Å². The molecule has 1 aromatic heterocycles. The normalized spacial score (nSPS) is 15.8. The summed E-state index contributed by atoms with van der Waals surface area (Å²) in [5.74, 6) is 0.293. The van der Waals surface area contributed by atoms with Crippen LogP contribution in [0.4, 0.5) is 5.69 Å². The zero-order valence-electron chi connectivity index (χ0n) is 16.6. The monoisotopic (exact) mass is 425 g/mol. The minimum absolute atomic E-state index is 0.0999. The first kappa shape index (κ1) is 20.3. The fraction of sp³-hybridized carbons (Fsp3) is 0.273. The Morgan fingerprint density at radius 2 is 1.87 bits per heavy atom. The number of amides is 1. The molecule has 1 fully saturated rings. The molecule has 0 saturated carbocycles. The maximum Gasteiger partial charge on any atom is 0.243 e. The third-order valence-corrected chi connectivity index (χ3v) is 7.24. The van der Waals surface area contributed by atoms with Gasteiger partial charge in [-0.25, -0.2) is 13.4 Å². The van der Waals surface area contributed by atoms with Crippen molar-refractivity contribution in [2.45, 2.75) is 24.7 Å². The first-order chi connectivity index (χ1) is 14.4. The molecule has 1 aliphatic rings. The van der Waals surface area contributed by atoms with Crippen molar-refractivity contribution in [1.29, 1.82) is 0 Å². The summed E-state index contributed by atoms with van der Waals surface area (Å²) in [6, 6.07) is 14.2. The Balaban J connectivity index is 1.38. The quantitative estimate of drug-likeness (QED) is 0.673. The molecule has 156 valence electrons. The number of aromatic nitrogens is 1. The average Bonchev–Trinajstić information content (AvgIpc) is 3.29. The first-order valence-electron chi connectivity index (χ1n) is 9.80. The van der Waals surface area contributed by atoms with Gasteiger partial charge in [0.1, 0.15) is 0 Å². The van der Waals surface area contributed by atoms with Gasteiger partial charge in [-0.3, -0.25) is 4.79 Å². The van der Waals surface area contributed by atoms with Gasteiger partial charge in [0.15, 0.2) is 12.2 Å². The van der Waals surface area contributed by atoms with Crippen LogP contribution in [0, 0.1) is 12.8 Å². The van der Waals surface area contributed by atoms with E-state index in [4.69, 9.17) is 4.42 Å². The van der Waals surface area contributed by atoms with Crippen LogP contribution < -0.4 is 5.32 Å². The number of carbonyl (C=O) groups excluding carboxylic acids is 1. The predicted octanol–water partition coefficient (Wildman–Crippen LogP) is 3.69. The van der Waals surface area contributed by atoms with Crippen LogP contribution >= 0.6 is 0 Å². The lowest BCUT2D eigenvalue weighted by Crippen LogP contribution is -2.41. The molecule has 0 atom stereocenters. The molecule has 0 aliphatic carbocycles. The summed E-state index contributed by atoms with van der Waals surface area (Å²) in [5, 5.41) is 2.94. The highest BCUT2D eigenvalue weighted by atomic mass is 32.2. The lowest BCUT2D eigenvalue weighted by Gasteiger charge is -2.30. The lowest BCUT2D eigenvalue weighted by molar-refractivity contribution is -0.120. The Bertz CT molecular complexity index is 1120. The highest BCUT2D eigenvalue weighted by molar-refractivity contribution is 7.89. The van der Waals surface area contributed by atoms with Crippen LogP contribution in [-0.2, 0) is 14.8 Å². The SMILES string of the molecule is Cc1ccc(S(=O)(=O)N2CCC(C(=O)Nc3cccc(-c4cnco4)c3)CC2)cc1. The van der Waals surface area contributed by atoms with Crippen molar-refractivity contribution in [2.75, 3.05) is 18.4 Å². The molecule has 1 saturated heterocycles. The average molecular weight is 426 g/mol. The fourth-order valence-corrected chi connectivity index (χ4v) is 5.04. The van der Waals surface area contributed by atoms with Crippen LogP contribution in [0.5, 0.6) is 0 Å². The second-order valence-electron chi connectivity index (χ2n) is 7.43. The predicted molar refractivity (Wildman–Crippen MR) is 113 cm³/mol. The van der Waals surface area contributed by atoms with Gasteiger partial charge < -0.3 is 9.73 Å². The van der Waals surface area contributed by atoms with E-state index in [9.17, 15) is 13.2 Å². The lowest BCUT2D eigenvalue weighted by atomic mass is 9.97. The Labute approximate surface area is 175 Å². The molecule has 0 spiro atoms. The number of nitrogens with one attached hydrogen (secondary N) is 1. The molecule has 2 aromatic carbocycles. The zero-order chi connectivity index (χ0) is 21.1. The standard InChI is InChI=1S/C22H23N3O4S/c1-16-5-7-20(8-6-16)30(27,28)25-11-9-17(10-12-25)22(26)24-19-4-2-3-18(13-19)21-14-23-15-29-21/h2-8,13-15,17H,9-12H2,1H3,(H,24,26). The number of oxazole rings is 1. The van der Waals surface area contributed by atoms with Crippen molar-refractivity contribution >= 4 is 21.6 Å². The maximum atomic E-state index is 12.8. The van der Waals surface area contributed by atoms with E-state index >= 15 is 0 Å². The zero-order valence-corrected chi connectivity index (χ0v) is 17.4. The van der Waals surface area contributed by atoms with E-state index in [2.05, 4.69) is 10.3 Å². The number of benzene rings is 2. The van der Waals surface area contributed by atoms with Gasteiger partial charge in [-0.1, -0.05) is 29.8 Å². The van der Waals surface area contributed by atoms with Crippen molar-refractivity contribution in [3.63, 3.8) is 0 Å². The van der Waals surface area contributed by atoms with Crippen LogP contribution in [0.25, 0.3) is 11.3 Å². The first-order valence-corrected chi connectivity index (χ1v) is 11.2. The molecule has 1 amide bonds. The number of anilines is 1. The smallest absolute Gasteiger partial charge is 0.243 e. The summed E-state index contributed by atoms with van der Waals surface area (Å²) in [5.41, 5.74) is 2.50.